The van der Waals surface area contributed by atoms with E-state index in [4.69, 9.17) is 5.26 Å². The molecule has 0 unspecified atom stereocenters. The minimum Gasteiger partial charge on any atom is -0.508 e. The number of rotatable bonds is 3. The van der Waals surface area contributed by atoms with Crippen molar-refractivity contribution in [2.45, 2.75) is 6.54 Å². The highest BCUT2D eigenvalue weighted by atomic mass is 16.3. The molecule has 0 aliphatic carbocycles. The molecule has 1 aromatic carbocycles. The van der Waals surface area contributed by atoms with Crippen LogP contribution in [0.3, 0.4) is 0 Å². The highest BCUT2D eigenvalue weighted by Crippen LogP contribution is 2.17. The number of hydrogen-bond donors (Lipinski definition) is 2. The third kappa shape index (κ3) is 2.73. The van der Waals surface area contributed by atoms with Crippen molar-refractivity contribution in [2.24, 2.45) is 0 Å². The van der Waals surface area contributed by atoms with Gasteiger partial charge < -0.3 is 10.4 Å². The van der Waals surface area contributed by atoms with Crippen LogP contribution in [-0.2, 0) is 6.54 Å². The second-order valence-electron chi connectivity index (χ2n) is 3.56. The van der Waals surface area contributed by atoms with E-state index in [1.165, 1.54) is 6.20 Å². The van der Waals surface area contributed by atoms with E-state index in [1.54, 1.807) is 24.4 Å². The number of para-hydroxylation sites is 1. The summed E-state index contributed by atoms with van der Waals surface area (Å²) in [6, 6.07) is 10.9. The van der Waals surface area contributed by atoms with Crippen molar-refractivity contribution >= 4 is 5.69 Å². The van der Waals surface area contributed by atoms with Crippen LogP contribution >= 0.6 is 0 Å². The third-order valence-corrected chi connectivity index (χ3v) is 2.34. The van der Waals surface area contributed by atoms with Crippen molar-refractivity contribution < 1.29 is 5.11 Å². The van der Waals surface area contributed by atoms with E-state index in [0.29, 0.717) is 12.1 Å². The third-order valence-electron chi connectivity index (χ3n) is 2.34. The molecule has 17 heavy (non-hydrogen) atoms. The first-order valence-corrected chi connectivity index (χ1v) is 5.15. The molecule has 0 aliphatic heterocycles. The van der Waals surface area contributed by atoms with Crippen LogP contribution in [0.25, 0.3) is 0 Å². The van der Waals surface area contributed by atoms with Crippen molar-refractivity contribution in [3.05, 3.63) is 53.9 Å². The van der Waals surface area contributed by atoms with Gasteiger partial charge in [-0.3, -0.25) is 4.98 Å². The van der Waals surface area contributed by atoms with Gasteiger partial charge in [0.05, 0.1) is 17.4 Å². The van der Waals surface area contributed by atoms with E-state index in [1.807, 2.05) is 18.2 Å². The van der Waals surface area contributed by atoms with Crippen molar-refractivity contribution in [1.82, 2.24) is 4.98 Å². The molecule has 0 saturated heterocycles. The number of phenolic OH excluding ortho intramolecular Hbond substituents is 1. The minimum absolute atomic E-state index is 0.254. The summed E-state index contributed by atoms with van der Waals surface area (Å²) in [5.41, 5.74) is 2.06. The van der Waals surface area contributed by atoms with Crippen LogP contribution < -0.4 is 5.32 Å². The largest absolute Gasteiger partial charge is 0.508 e. The van der Waals surface area contributed by atoms with E-state index in [9.17, 15) is 5.11 Å². The van der Waals surface area contributed by atoms with Gasteiger partial charge in [0.25, 0.3) is 0 Å². The zero-order valence-electron chi connectivity index (χ0n) is 9.09. The van der Waals surface area contributed by atoms with Crippen LogP contribution in [0.4, 0.5) is 5.69 Å². The molecule has 0 aliphatic rings. The normalized spacial score (nSPS) is 9.59. The van der Waals surface area contributed by atoms with E-state index < -0.39 is 0 Å². The summed E-state index contributed by atoms with van der Waals surface area (Å²) in [5.74, 6) is 0.254. The SMILES string of the molecule is N#Cc1cncc(NCc2ccccc2O)c1. The summed E-state index contributed by atoms with van der Waals surface area (Å²) in [5, 5.41) is 21.4. The summed E-state index contributed by atoms with van der Waals surface area (Å²) < 4.78 is 0. The zero-order chi connectivity index (χ0) is 12.1. The molecule has 84 valence electrons. The fraction of sp³-hybridized carbons (Fsp3) is 0.0769. The Morgan fingerprint density at radius 2 is 2.12 bits per heavy atom. The molecule has 0 radical (unpaired) electrons. The summed E-state index contributed by atoms with van der Waals surface area (Å²) >= 11 is 0. The standard InChI is InChI=1S/C13H11N3O/c14-6-10-5-12(9-15-7-10)16-8-11-3-1-2-4-13(11)17/h1-5,7,9,16-17H,8H2. The van der Waals surface area contributed by atoms with Gasteiger partial charge in [0.1, 0.15) is 11.8 Å². The van der Waals surface area contributed by atoms with Crippen LogP contribution in [0.5, 0.6) is 5.75 Å². The van der Waals surface area contributed by atoms with Crippen molar-refractivity contribution in [1.29, 1.82) is 5.26 Å². The van der Waals surface area contributed by atoms with Crippen LogP contribution in [0, 0.1) is 11.3 Å². The van der Waals surface area contributed by atoms with Crippen LogP contribution in [-0.4, -0.2) is 10.1 Å². The fourth-order valence-electron chi connectivity index (χ4n) is 1.46. The predicted octanol–water partition coefficient (Wildman–Crippen LogP) is 2.27. The van der Waals surface area contributed by atoms with Crippen molar-refractivity contribution in [3.63, 3.8) is 0 Å². The molecule has 0 spiro atoms. The van der Waals surface area contributed by atoms with Crippen molar-refractivity contribution in [3.8, 4) is 11.8 Å². The van der Waals surface area contributed by atoms with Crippen molar-refractivity contribution in [2.75, 3.05) is 5.32 Å². The molecule has 0 bridgehead atoms. The Labute approximate surface area is 99.2 Å². The second-order valence-corrected chi connectivity index (χ2v) is 3.56. The average Bonchev–Trinajstić information content (AvgIpc) is 2.38. The molecule has 0 amide bonds. The maximum atomic E-state index is 9.58. The first kappa shape index (κ1) is 11.0. The van der Waals surface area contributed by atoms with Gasteiger partial charge >= 0.3 is 0 Å². The topological polar surface area (TPSA) is 68.9 Å². The Bertz CT molecular complexity index is 561. The lowest BCUT2D eigenvalue weighted by Crippen LogP contribution is -2.00. The molecular formula is C13H11N3O. The quantitative estimate of drug-likeness (QED) is 0.840. The highest BCUT2D eigenvalue weighted by molar-refractivity contribution is 5.47. The first-order valence-electron chi connectivity index (χ1n) is 5.15. The molecule has 4 heteroatoms. The lowest BCUT2D eigenvalue weighted by molar-refractivity contribution is 0.469. The Morgan fingerprint density at radius 1 is 1.29 bits per heavy atom. The minimum atomic E-state index is 0.254. The summed E-state index contributed by atoms with van der Waals surface area (Å²) in [4.78, 5) is 3.94. The molecule has 0 saturated carbocycles. The van der Waals surface area contributed by atoms with Gasteiger partial charge in [-0.15, -0.1) is 0 Å². The molecular weight excluding hydrogens is 214 g/mol. The summed E-state index contributed by atoms with van der Waals surface area (Å²) in [7, 11) is 0. The van der Waals surface area contributed by atoms with Crippen LogP contribution in [0.15, 0.2) is 42.7 Å². The van der Waals surface area contributed by atoms with Crippen LogP contribution in [0.2, 0.25) is 0 Å². The van der Waals surface area contributed by atoms with Gasteiger partial charge in [0.15, 0.2) is 0 Å². The van der Waals surface area contributed by atoms with E-state index in [0.717, 1.165) is 11.3 Å². The number of nitrogens with one attached hydrogen (secondary N) is 1. The zero-order valence-corrected chi connectivity index (χ0v) is 9.09. The number of aromatic nitrogens is 1. The molecule has 2 aromatic rings. The lowest BCUT2D eigenvalue weighted by atomic mass is 10.2. The molecule has 1 aromatic heterocycles. The molecule has 0 fully saturated rings. The highest BCUT2D eigenvalue weighted by Gasteiger charge is 2.00. The number of aromatic hydroxyl groups is 1. The van der Waals surface area contributed by atoms with E-state index >= 15 is 0 Å². The van der Waals surface area contributed by atoms with Crippen LogP contribution in [0.1, 0.15) is 11.1 Å². The van der Waals surface area contributed by atoms with Gasteiger partial charge in [0, 0.05) is 18.3 Å². The maximum Gasteiger partial charge on any atom is 0.120 e. The number of benzene rings is 1. The molecule has 1 heterocycles. The van der Waals surface area contributed by atoms with Gasteiger partial charge in [0.2, 0.25) is 0 Å². The average molecular weight is 225 g/mol. The van der Waals surface area contributed by atoms with Gasteiger partial charge in [-0.1, -0.05) is 18.2 Å². The Balaban J connectivity index is 2.08. The predicted molar refractivity (Wildman–Crippen MR) is 64.4 cm³/mol. The number of pyridine rings is 1. The smallest absolute Gasteiger partial charge is 0.120 e. The monoisotopic (exact) mass is 225 g/mol. The molecule has 0 atom stereocenters. The van der Waals surface area contributed by atoms with Gasteiger partial charge in [-0.05, 0) is 12.1 Å². The lowest BCUT2D eigenvalue weighted by Gasteiger charge is -2.07. The number of hydrogen-bond acceptors (Lipinski definition) is 4. The Kier molecular flexibility index (Phi) is 3.22. The van der Waals surface area contributed by atoms with E-state index in [-0.39, 0.29) is 5.75 Å². The summed E-state index contributed by atoms with van der Waals surface area (Å²) in [6.45, 7) is 0.489. The number of phenols is 1. The number of nitriles is 1. The number of anilines is 1. The number of nitrogens with zero attached hydrogens (tertiary/aromatic N) is 2. The van der Waals surface area contributed by atoms with Gasteiger partial charge in [-0.2, -0.15) is 5.26 Å². The second kappa shape index (κ2) is 4.99. The van der Waals surface area contributed by atoms with Gasteiger partial charge in [-0.25, -0.2) is 0 Å². The molecule has 4 nitrogen and oxygen atoms in total. The molecule has 2 rings (SSSR count). The molecule has 2 N–H and O–H groups in total. The Morgan fingerprint density at radius 3 is 2.88 bits per heavy atom. The summed E-state index contributed by atoms with van der Waals surface area (Å²) in [6.07, 6.45) is 3.14. The fourth-order valence-corrected chi connectivity index (χ4v) is 1.46. The first-order chi connectivity index (χ1) is 8.29. The van der Waals surface area contributed by atoms with E-state index in [2.05, 4.69) is 10.3 Å². The maximum absolute atomic E-state index is 9.58. The Hall–Kier alpha value is -2.54.